The normalized spacial score (nSPS) is 18.6. The summed E-state index contributed by atoms with van der Waals surface area (Å²) in [6.07, 6.45) is 0.0674. The molecule has 1 aliphatic heterocycles. The van der Waals surface area contributed by atoms with Gasteiger partial charge in [-0.3, -0.25) is 4.79 Å². The van der Waals surface area contributed by atoms with E-state index in [9.17, 15) is 4.79 Å². The molecule has 0 aliphatic carbocycles. The van der Waals surface area contributed by atoms with Gasteiger partial charge in [0.2, 0.25) is 0 Å². The molecular weight excluding hydrogens is 261 g/mol. The number of nitrogens with one attached hydrogen (secondary N) is 1. The highest BCUT2D eigenvalue weighted by Gasteiger charge is 2.30. The highest BCUT2D eigenvalue weighted by molar-refractivity contribution is 6.61. The van der Waals surface area contributed by atoms with E-state index in [2.05, 4.69) is 5.32 Å². The Hall–Kier alpha value is -1.41. The summed E-state index contributed by atoms with van der Waals surface area (Å²) in [5.41, 5.74) is 1.30. The summed E-state index contributed by atoms with van der Waals surface area (Å²) in [7, 11) is -0.384. The number of benzene rings is 1. The van der Waals surface area contributed by atoms with Gasteiger partial charge in [0.05, 0.1) is 32.0 Å². The van der Waals surface area contributed by atoms with Crippen molar-refractivity contribution in [3.8, 4) is 0 Å². The van der Waals surface area contributed by atoms with Crippen LogP contribution in [0.3, 0.4) is 0 Å². The van der Waals surface area contributed by atoms with Crippen LogP contribution in [-0.4, -0.2) is 55.2 Å². The van der Waals surface area contributed by atoms with E-state index in [1.165, 1.54) is 0 Å². The van der Waals surface area contributed by atoms with Gasteiger partial charge in [-0.15, -0.1) is 0 Å². The van der Waals surface area contributed by atoms with Crippen molar-refractivity contribution in [2.24, 2.45) is 0 Å². The van der Waals surface area contributed by atoms with Crippen molar-refractivity contribution in [3.63, 3.8) is 0 Å². The highest BCUT2D eigenvalue weighted by atomic mass is 16.6. The minimum atomic E-state index is -0.649. The summed E-state index contributed by atoms with van der Waals surface area (Å²) in [5.74, 6) is -0.341. The van der Waals surface area contributed by atoms with Crippen LogP contribution >= 0.6 is 0 Å². The lowest BCUT2D eigenvalue weighted by Crippen LogP contribution is -2.40. The molecule has 3 N–H and O–H groups in total. The second-order valence-corrected chi connectivity index (χ2v) is 4.77. The van der Waals surface area contributed by atoms with Crippen molar-refractivity contribution in [2.45, 2.75) is 19.1 Å². The zero-order chi connectivity index (χ0) is 14.5. The van der Waals surface area contributed by atoms with Crippen LogP contribution in [0.1, 0.15) is 17.3 Å². The standard InChI is InChI=1S/C13H18BNO5/c1-9-8-19-14(20-9)11-4-2-10(3-5-11)13(18)15-12(6-16)7-17/h2-5,9,12,16-17H,6-8H2,1H3,(H,15,18). The van der Waals surface area contributed by atoms with Gasteiger partial charge in [0.1, 0.15) is 0 Å². The Morgan fingerprint density at radius 1 is 1.40 bits per heavy atom. The number of aliphatic hydroxyl groups excluding tert-OH is 2. The predicted molar refractivity (Wildman–Crippen MR) is 73.8 cm³/mol. The first-order valence-corrected chi connectivity index (χ1v) is 6.53. The summed E-state index contributed by atoms with van der Waals surface area (Å²) in [5, 5.41) is 20.4. The Labute approximate surface area is 117 Å². The molecule has 0 saturated carbocycles. The average molecular weight is 279 g/mol. The number of carbonyl (C=O) groups excluding carboxylic acids is 1. The number of aliphatic hydroxyl groups is 2. The van der Waals surface area contributed by atoms with E-state index in [4.69, 9.17) is 19.5 Å². The van der Waals surface area contributed by atoms with Crippen molar-refractivity contribution in [2.75, 3.05) is 19.8 Å². The van der Waals surface area contributed by atoms with Gasteiger partial charge in [-0.2, -0.15) is 0 Å². The van der Waals surface area contributed by atoms with Crippen molar-refractivity contribution < 1.29 is 24.3 Å². The fourth-order valence-corrected chi connectivity index (χ4v) is 1.90. The van der Waals surface area contributed by atoms with Gasteiger partial charge >= 0.3 is 7.12 Å². The predicted octanol–water partition coefficient (Wildman–Crippen LogP) is -1.10. The number of carbonyl (C=O) groups is 1. The highest BCUT2D eigenvalue weighted by Crippen LogP contribution is 2.08. The fourth-order valence-electron chi connectivity index (χ4n) is 1.90. The lowest BCUT2D eigenvalue weighted by Gasteiger charge is -2.13. The third-order valence-electron chi connectivity index (χ3n) is 3.06. The lowest BCUT2D eigenvalue weighted by atomic mass is 9.79. The molecule has 0 spiro atoms. The molecule has 1 unspecified atom stereocenters. The van der Waals surface area contributed by atoms with E-state index in [0.717, 1.165) is 5.46 Å². The van der Waals surface area contributed by atoms with Crippen LogP contribution in [-0.2, 0) is 9.31 Å². The molecule has 7 heteroatoms. The van der Waals surface area contributed by atoms with E-state index in [-0.39, 0.29) is 32.3 Å². The Morgan fingerprint density at radius 3 is 2.55 bits per heavy atom. The topological polar surface area (TPSA) is 88.0 Å². The molecule has 1 aromatic carbocycles. The van der Waals surface area contributed by atoms with Gasteiger partial charge in [0.25, 0.3) is 5.91 Å². The first kappa shape index (κ1) is 15.0. The lowest BCUT2D eigenvalue weighted by molar-refractivity contribution is 0.0879. The molecule has 20 heavy (non-hydrogen) atoms. The number of hydrogen-bond donors (Lipinski definition) is 3. The zero-order valence-electron chi connectivity index (χ0n) is 11.3. The second-order valence-electron chi connectivity index (χ2n) is 4.77. The SMILES string of the molecule is CC1COB(c2ccc(C(=O)NC(CO)CO)cc2)O1. The van der Waals surface area contributed by atoms with Crippen LogP contribution in [0.2, 0.25) is 0 Å². The van der Waals surface area contributed by atoms with Crippen LogP contribution in [0.15, 0.2) is 24.3 Å². The van der Waals surface area contributed by atoms with Crippen LogP contribution in [0, 0.1) is 0 Å². The molecule has 0 bridgehead atoms. The summed E-state index contributed by atoms with van der Waals surface area (Å²) in [4.78, 5) is 11.9. The molecule has 0 radical (unpaired) electrons. The number of hydrogen-bond acceptors (Lipinski definition) is 5. The Morgan fingerprint density at radius 2 is 2.05 bits per heavy atom. The fraction of sp³-hybridized carbons (Fsp3) is 0.462. The Kier molecular flexibility index (Phi) is 5.14. The van der Waals surface area contributed by atoms with Crippen molar-refractivity contribution >= 4 is 18.5 Å². The van der Waals surface area contributed by atoms with E-state index >= 15 is 0 Å². The van der Waals surface area contributed by atoms with E-state index in [1.807, 2.05) is 6.92 Å². The maximum absolute atomic E-state index is 11.9. The Balaban J connectivity index is 1.99. The van der Waals surface area contributed by atoms with E-state index < -0.39 is 6.04 Å². The van der Waals surface area contributed by atoms with Crippen molar-refractivity contribution in [3.05, 3.63) is 29.8 Å². The summed E-state index contributed by atoms with van der Waals surface area (Å²) in [6.45, 7) is 1.89. The van der Waals surface area contributed by atoms with Gasteiger partial charge < -0.3 is 24.8 Å². The first-order chi connectivity index (χ1) is 9.63. The smallest absolute Gasteiger partial charge is 0.405 e. The minimum Gasteiger partial charge on any atom is -0.405 e. The third kappa shape index (κ3) is 3.58. The quantitative estimate of drug-likeness (QED) is 0.595. The van der Waals surface area contributed by atoms with Crippen LogP contribution < -0.4 is 10.8 Å². The van der Waals surface area contributed by atoms with Crippen molar-refractivity contribution in [1.29, 1.82) is 0 Å². The molecule has 1 fully saturated rings. The van der Waals surface area contributed by atoms with Gasteiger partial charge in [-0.1, -0.05) is 12.1 Å². The average Bonchev–Trinajstić information content (AvgIpc) is 2.91. The third-order valence-corrected chi connectivity index (χ3v) is 3.06. The molecular formula is C13H18BNO5. The molecule has 1 aromatic rings. The second kappa shape index (κ2) is 6.85. The maximum atomic E-state index is 11.9. The summed E-state index contributed by atoms with van der Waals surface area (Å²) >= 11 is 0. The Bertz CT molecular complexity index is 449. The monoisotopic (exact) mass is 279 g/mol. The molecule has 1 amide bonds. The van der Waals surface area contributed by atoms with Crippen molar-refractivity contribution in [1.82, 2.24) is 5.32 Å². The molecule has 1 atom stereocenters. The summed E-state index contributed by atoms with van der Waals surface area (Å²) in [6, 6.07) is 6.21. The molecule has 1 aliphatic rings. The number of amides is 1. The van der Waals surface area contributed by atoms with Crippen LogP contribution in [0.5, 0.6) is 0 Å². The zero-order valence-corrected chi connectivity index (χ0v) is 11.3. The molecule has 2 rings (SSSR count). The first-order valence-electron chi connectivity index (χ1n) is 6.53. The van der Waals surface area contributed by atoms with Gasteiger partial charge in [-0.25, -0.2) is 0 Å². The number of rotatable bonds is 5. The minimum absolute atomic E-state index is 0.0674. The molecule has 1 heterocycles. The van der Waals surface area contributed by atoms with Crippen LogP contribution in [0.4, 0.5) is 0 Å². The van der Waals surface area contributed by atoms with E-state index in [0.29, 0.717) is 12.2 Å². The summed E-state index contributed by atoms with van der Waals surface area (Å²) < 4.78 is 11.0. The molecule has 1 saturated heterocycles. The largest absolute Gasteiger partial charge is 0.494 e. The van der Waals surface area contributed by atoms with Gasteiger partial charge in [-0.05, 0) is 24.5 Å². The molecule has 0 aromatic heterocycles. The van der Waals surface area contributed by atoms with E-state index in [1.54, 1.807) is 24.3 Å². The van der Waals surface area contributed by atoms with Gasteiger partial charge in [0, 0.05) is 5.56 Å². The molecule has 6 nitrogen and oxygen atoms in total. The maximum Gasteiger partial charge on any atom is 0.494 e. The van der Waals surface area contributed by atoms with Crippen LogP contribution in [0.25, 0.3) is 0 Å². The van der Waals surface area contributed by atoms with Gasteiger partial charge in [0.15, 0.2) is 0 Å². The molecule has 108 valence electrons.